The van der Waals surface area contributed by atoms with Crippen LogP contribution in [0.2, 0.25) is 0 Å². The van der Waals surface area contributed by atoms with Crippen molar-refractivity contribution in [3.8, 4) is 6.07 Å². The van der Waals surface area contributed by atoms with Crippen molar-refractivity contribution in [1.29, 1.82) is 5.26 Å². The maximum Gasteiger partial charge on any atom is 0.350 e. The molecule has 0 saturated carbocycles. The van der Waals surface area contributed by atoms with Crippen molar-refractivity contribution in [2.24, 2.45) is 0 Å². The molecule has 1 rings (SSSR count). The Bertz CT molecular complexity index is 322. The first kappa shape index (κ1) is 10.3. The number of hydrogen-bond acceptors (Lipinski definition) is 3. The van der Waals surface area contributed by atoms with Crippen LogP contribution in [-0.2, 0) is 10.0 Å². The Morgan fingerprint density at radius 3 is 2.62 bits per heavy atom. The van der Waals surface area contributed by atoms with Crippen LogP contribution in [0.3, 0.4) is 0 Å². The van der Waals surface area contributed by atoms with Gasteiger partial charge in [-0.3, -0.25) is 0 Å². The van der Waals surface area contributed by atoms with Crippen LogP contribution in [0.1, 0.15) is 12.8 Å². The van der Waals surface area contributed by atoms with Crippen molar-refractivity contribution in [2.45, 2.75) is 24.6 Å². The Kier molecular flexibility index (Phi) is 2.83. The van der Waals surface area contributed by atoms with E-state index in [-0.39, 0.29) is 6.54 Å². The molecular formula is C6H8F2N2O2S. The van der Waals surface area contributed by atoms with Gasteiger partial charge in [0.1, 0.15) is 6.04 Å². The van der Waals surface area contributed by atoms with Crippen LogP contribution in [0.25, 0.3) is 0 Å². The second-order valence-electron chi connectivity index (χ2n) is 2.70. The highest BCUT2D eigenvalue weighted by molar-refractivity contribution is 7.89. The summed E-state index contributed by atoms with van der Waals surface area (Å²) < 4.78 is 46.5. The summed E-state index contributed by atoms with van der Waals surface area (Å²) in [7, 11) is -4.56. The Morgan fingerprint density at radius 2 is 2.15 bits per heavy atom. The van der Waals surface area contributed by atoms with Gasteiger partial charge in [0.15, 0.2) is 0 Å². The lowest BCUT2D eigenvalue weighted by molar-refractivity contribution is 0.220. The smallest absolute Gasteiger partial charge is 0.206 e. The molecule has 0 radical (unpaired) electrons. The minimum absolute atomic E-state index is 0.0188. The molecule has 0 bridgehead atoms. The Balaban J connectivity index is 2.90. The van der Waals surface area contributed by atoms with Crippen molar-refractivity contribution in [3.63, 3.8) is 0 Å². The molecule has 0 N–H and O–H groups in total. The number of nitrogens with zero attached hydrogens (tertiary/aromatic N) is 2. The van der Waals surface area contributed by atoms with Crippen LogP contribution in [0.4, 0.5) is 8.78 Å². The van der Waals surface area contributed by atoms with E-state index in [1.54, 1.807) is 6.07 Å². The number of sulfonamides is 1. The standard InChI is InChI=1S/C6H8F2N2O2S/c7-6(8)13(11,12)10-3-1-2-5(10)4-9/h5-6H,1-3H2. The highest BCUT2D eigenvalue weighted by Crippen LogP contribution is 2.23. The first-order valence-electron chi connectivity index (χ1n) is 3.68. The monoisotopic (exact) mass is 210 g/mol. The Morgan fingerprint density at radius 1 is 1.54 bits per heavy atom. The average molecular weight is 210 g/mol. The Hall–Kier alpha value is -0.740. The molecule has 74 valence electrons. The molecule has 1 unspecified atom stereocenters. The van der Waals surface area contributed by atoms with Gasteiger partial charge in [-0.15, -0.1) is 0 Å². The first-order valence-corrected chi connectivity index (χ1v) is 5.19. The van der Waals surface area contributed by atoms with E-state index in [9.17, 15) is 17.2 Å². The Labute approximate surface area is 74.8 Å². The maximum absolute atomic E-state index is 12.0. The maximum atomic E-state index is 12.0. The normalized spacial score (nSPS) is 24.9. The van der Waals surface area contributed by atoms with Crippen LogP contribution < -0.4 is 0 Å². The van der Waals surface area contributed by atoms with Gasteiger partial charge >= 0.3 is 5.76 Å². The van der Waals surface area contributed by atoms with Crippen molar-refractivity contribution in [1.82, 2.24) is 4.31 Å². The van der Waals surface area contributed by atoms with E-state index in [1.165, 1.54) is 0 Å². The van der Waals surface area contributed by atoms with Crippen molar-refractivity contribution < 1.29 is 17.2 Å². The number of alkyl halides is 2. The van der Waals surface area contributed by atoms with Crippen LogP contribution in [0, 0.1) is 11.3 Å². The average Bonchev–Trinajstić information content (AvgIpc) is 2.51. The lowest BCUT2D eigenvalue weighted by Gasteiger charge is -2.17. The van der Waals surface area contributed by atoms with Gasteiger partial charge in [-0.05, 0) is 12.8 Å². The minimum Gasteiger partial charge on any atom is -0.206 e. The minimum atomic E-state index is -4.56. The topological polar surface area (TPSA) is 61.2 Å². The van der Waals surface area contributed by atoms with Gasteiger partial charge in [0.25, 0.3) is 10.0 Å². The van der Waals surface area contributed by atoms with E-state index in [4.69, 9.17) is 5.26 Å². The summed E-state index contributed by atoms with van der Waals surface area (Å²) in [5.41, 5.74) is 0. The van der Waals surface area contributed by atoms with Crippen LogP contribution in [0.15, 0.2) is 0 Å². The first-order chi connectivity index (χ1) is 6.00. The largest absolute Gasteiger partial charge is 0.350 e. The summed E-state index contributed by atoms with van der Waals surface area (Å²) in [6.45, 7) is 0.0188. The predicted molar refractivity (Wildman–Crippen MR) is 40.3 cm³/mol. The summed E-state index contributed by atoms with van der Waals surface area (Å²) in [5.74, 6) is -3.43. The molecular weight excluding hydrogens is 202 g/mol. The van der Waals surface area contributed by atoms with E-state index in [2.05, 4.69) is 0 Å². The molecule has 1 aliphatic heterocycles. The molecule has 0 amide bonds. The molecule has 1 atom stereocenters. The summed E-state index contributed by atoms with van der Waals surface area (Å²) >= 11 is 0. The van der Waals surface area contributed by atoms with Crippen LogP contribution in [-0.4, -0.2) is 31.1 Å². The van der Waals surface area contributed by atoms with E-state index in [0.29, 0.717) is 17.1 Å². The summed E-state index contributed by atoms with van der Waals surface area (Å²) in [6, 6.07) is 0.771. The molecule has 0 aromatic rings. The second-order valence-corrected chi connectivity index (χ2v) is 4.56. The van der Waals surface area contributed by atoms with Gasteiger partial charge in [-0.25, -0.2) is 8.42 Å². The molecule has 13 heavy (non-hydrogen) atoms. The zero-order valence-electron chi connectivity index (χ0n) is 6.65. The fourth-order valence-corrected chi connectivity index (χ4v) is 2.37. The van der Waals surface area contributed by atoms with E-state index < -0.39 is 21.8 Å². The van der Waals surface area contributed by atoms with Crippen LogP contribution >= 0.6 is 0 Å². The fraction of sp³-hybridized carbons (Fsp3) is 0.833. The highest BCUT2D eigenvalue weighted by atomic mass is 32.2. The molecule has 1 saturated heterocycles. The number of hydrogen-bond donors (Lipinski definition) is 0. The molecule has 0 aromatic carbocycles. The predicted octanol–water partition coefficient (Wildman–Crippen LogP) is 0.527. The SMILES string of the molecule is N#CC1CCCN1S(=O)(=O)C(F)F. The van der Waals surface area contributed by atoms with Crippen molar-refractivity contribution in [3.05, 3.63) is 0 Å². The molecule has 7 heteroatoms. The van der Waals surface area contributed by atoms with E-state index in [1.807, 2.05) is 0 Å². The van der Waals surface area contributed by atoms with Gasteiger partial charge in [-0.2, -0.15) is 18.3 Å². The highest BCUT2D eigenvalue weighted by Gasteiger charge is 2.39. The van der Waals surface area contributed by atoms with E-state index >= 15 is 0 Å². The lowest BCUT2D eigenvalue weighted by Crippen LogP contribution is -2.38. The van der Waals surface area contributed by atoms with E-state index in [0.717, 1.165) is 0 Å². The molecule has 1 heterocycles. The third kappa shape index (κ3) is 1.78. The third-order valence-electron chi connectivity index (χ3n) is 1.90. The number of halogens is 2. The van der Waals surface area contributed by atoms with Gasteiger partial charge < -0.3 is 0 Å². The molecule has 0 spiro atoms. The summed E-state index contributed by atoms with van der Waals surface area (Å²) in [6.07, 6.45) is 0.798. The van der Waals surface area contributed by atoms with Gasteiger partial charge in [0.2, 0.25) is 0 Å². The number of nitriles is 1. The number of rotatable bonds is 2. The summed E-state index contributed by atoms with van der Waals surface area (Å²) in [5, 5.41) is 8.48. The third-order valence-corrected chi connectivity index (χ3v) is 3.45. The molecule has 1 aliphatic rings. The molecule has 4 nitrogen and oxygen atoms in total. The van der Waals surface area contributed by atoms with Crippen LogP contribution in [0.5, 0.6) is 0 Å². The zero-order valence-corrected chi connectivity index (χ0v) is 7.47. The fourth-order valence-electron chi connectivity index (χ4n) is 1.28. The van der Waals surface area contributed by atoms with Gasteiger partial charge in [-0.1, -0.05) is 0 Å². The lowest BCUT2D eigenvalue weighted by atomic mass is 10.2. The quantitative estimate of drug-likeness (QED) is 0.667. The van der Waals surface area contributed by atoms with Gasteiger partial charge in [0.05, 0.1) is 6.07 Å². The second kappa shape index (κ2) is 3.55. The van der Waals surface area contributed by atoms with Crippen molar-refractivity contribution in [2.75, 3.05) is 6.54 Å². The molecule has 0 aromatic heterocycles. The molecule has 0 aliphatic carbocycles. The zero-order chi connectivity index (χ0) is 10.1. The van der Waals surface area contributed by atoms with Gasteiger partial charge in [0, 0.05) is 6.54 Å². The molecule has 1 fully saturated rings. The van der Waals surface area contributed by atoms with Crippen molar-refractivity contribution >= 4 is 10.0 Å². The summed E-state index contributed by atoms with van der Waals surface area (Å²) in [4.78, 5) is 0.